The Hall–Kier alpha value is -8.80. The Bertz CT molecular complexity index is 5380. The van der Waals surface area contributed by atoms with Gasteiger partial charge in [-0.25, -0.2) is 52.1 Å². The number of nitrogens with zero attached hydrogens (tertiary/aromatic N) is 2. The fourth-order valence-electron chi connectivity index (χ4n) is 11.9. The van der Waals surface area contributed by atoms with E-state index in [2.05, 4.69) is 271 Å². The summed E-state index contributed by atoms with van der Waals surface area (Å²) in [7, 11) is 13.9. The largest absolute Gasteiger partial charge is 1.00 e. The summed E-state index contributed by atoms with van der Waals surface area (Å²) in [6, 6.07) is 19.2. The van der Waals surface area contributed by atoms with Crippen molar-refractivity contribution < 1.29 is 223 Å². The average molecular weight is 2510 g/mol. The molecule has 5 aliphatic heterocycles. The smallest absolute Gasteiger partial charge is 0.870 e. The second-order valence-electron chi connectivity index (χ2n) is 31.1. The van der Waals surface area contributed by atoms with Gasteiger partial charge in [-0.2, -0.15) is 40.9 Å². The summed E-state index contributed by atoms with van der Waals surface area (Å²) in [5.41, 5.74) is 30.2. The number of alkyl halides is 14. The molecule has 5 aliphatic rings. The minimum atomic E-state index is -3.70. The first-order chi connectivity index (χ1) is 67.4. The maximum absolute atomic E-state index is 13.5. The van der Waals surface area contributed by atoms with Crippen LogP contribution in [0.25, 0.3) is 0 Å². The van der Waals surface area contributed by atoms with Gasteiger partial charge in [0.1, 0.15) is 0 Å². The number of aliphatic carboxylic acids is 1. The molecule has 0 aliphatic carbocycles. The van der Waals surface area contributed by atoms with Gasteiger partial charge in [-0.15, -0.1) is 26.8 Å². The summed E-state index contributed by atoms with van der Waals surface area (Å²) in [4.78, 5) is 77.5. The molecular weight excluding hydrogens is 2350 g/mol. The van der Waals surface area contributed by atoms with Crippen LogP contribution in [-0.2, 0) is 113 Å². The van der Waals surface area contributed by atoms with Crippen LogP contribution >= 0.6 is 59.2 Å². The summed E-state index contributed by atoms with van der Waals surface area (Å²) in [5.74, 6) is -17.9. The van der Waals surface area contributed by atoms with E-state index in [0.717, 1.165) is 62.6 Å². The van der Waals surface area contributed by atoms with E-state index in [-0.39, 0.29) is 160 Å². The summed E-state index contributed by atoms with van der Waals surface area (Å²) in [5, 5.41) is 18.6. The zero-order valence-corrected chi connectivity index (χ0v) is 96.9. The Labute approximate surface area is 946 Å². The van der Waals surface area contributed by atoms with Crippen LogP contribution < -0.4 is 28.7 Å². The maximum Gasteiger partial charge on any atom is 1.00 e. The molecule has 8 rings (SSSR count). The van der Waals surface area contributed by atoms with Crippen LogP contribution in [0.3, 0.4) is 0 Å². The second kappa shape index (κ2) is 77.5. The van der Waals surface area contributed by atoms with Gasteiger partial charge in [0.05, 0.1) is 52.4 Å². The Morgan fingerprint density at radius 1 is 0.620 bits per heavy atom. The predicted molar refractivity (Wildman–Crippen MR) is 585 cm³/mol. The molecule has 5 N–H and O–H groups in total. The molecule has 6 atom stereocenters. The van der Waals surface area contributed by atoms with Gasteiger partial charge in [-0.3, -0.25) is 10.5 Å². The number of hydrogen-bond donors (Lipinski definition) is 2. The maximum atomic E-state index is 13.5. The number of carbonyl (C=O) groups excluding carboxylic acids is 6. The van der Waals surface area contributed by atoms with Crippen LogP contribution in [0.2, 0.25) is 0 Å². The van der Waals surface area contributed by atoms with Gasteiger partial charge in [-0.05, 0) is 196 Å². The number of Topliss-reactive ketones (excluding diaryl/α,β-unsaturated/α-hetero) is 1. The van der Waals surface area contributed by atoms with Crippen LogP contribution in [0.4, 0.5) is 64.1 Å². The number of anilines is 2. The third-order valence-electron chi connectivity index (χ3n) is 19.6. The first-order valence-corrected chi connectivity index (χ1v) is 54.1. The number of ether oxygens (including phenoxy) is 10. The number of benzene rings is 3. The summed E-state index contributed by atoms with van der Waals surface area (Å²) in [6.45, 7) is 57.4. The Morgan fingerprint density at radius 2 is 1.02 bits per heavy atom. The average Bonchev–Trinajstić information content (AvgIpc) is 1.59. The van der Waals surface area contributed by atoms with E-state index in [1.54, 1.807) is 38.5 Å². The predicted octanol–water partition coefficient (Wildman–Crippen LogP) is 24.3. The van der Waals surface area contributed by atoms with Gasteiger partial charge < -0.3 is 76.0 Å². The van der Waals surface area contributed by atoms with Crippen molar-refractivity contribution in [3.63, 3.8) is 0 Å². The number of hydrogen-bond acceptors (Lipinski definition) is 21. The van der Waals surface area contributed by atoms with Crippen molar-refractivity contribution in [2.24, 2.45) is 0 Å². The van der Waals surface area contributed by atoms with E-state index < -0.39 is 130 Å². The van der Waals surface area contributed by atoms with E-state index in [0.29, 0.717) is 31.3 Å². The number of ketones is 1. The molecule has 4 fully saturated rings. The van der Waals surface area contributed by atoms with Gasteiger partial charge >= 0.3 is 287 Å². The van der Waals surface area contributed by atoms with Gasteiger partial charge in [0.2, 0.25) is 33.8 Å². The molecule has 0 bridgehead atoms. The second-order valence-corrected chi connectivity index (χ2v) is 43.6. The zero-order valence-electron chi connectivity index (χ0n) is 88.0. The molecule has 0 spiro atoms. The number of esters is 5. The molecular formula is C107H160Br2Cl2F12LiN2O21PPdRu-2. The molecule has 5 heterocycles. The zero-order chi connectivity index (χ0) is 112. The van der Waals surface area contributed by atoms with E-state index >= 15 is 0 Å². The molecule has 4 saturated heterocycles. The Morgan fingerprint density at radius 3 is 1.34 bits per heavy atom. The first kappa shape index (κ1) is 156. The third kappa shape index (κ3) is 52.9. The van der Waals surface area contributed by atoms with Crippen LogP contribution in [-0.4, -0.2) is 225 Å². The van der Waals surface area contributed by atoms with Gasteiger partial charge in [0.15, 0.2) is 0 Å². The van der Waals surface area contributed by atoms with Crippen LogP contribution in [0.5, 0.6) is 0 Å². The van der Waals surface area contributed by atoms with E-state index in [1.807, 2.05) is 34.1 Å². The number of carboxylic acid groups (broad SMARTS) is 1. The van der Waals surface area contributed by atoms with Gasteiger partial charge in [0, 0.05) is 82.5 Å². The molecule has 0 amide bonds. The number of carboxylic acids is 1. The molecule has 862 valence electrons. The molecule has 0 radical (unpaired) electrons. The van der Waals surface area contributed by atoms with Crippen molar-refractivity contribution in [1.82, 2.24) is 0 Å². The van der Waals surface area contributed by atoms with E-state index in [9.17, 15) is 86.2 Å². The summed E-state index contributed by atoms with van der Waals surface area (Å²) < 4.78 is 204. The number of allylic oxidation sites excluding steroid dienone is 2. The quantitative estimate of drug-likeness (QED) is 0.00720. The van der Waals surface area contributed by atoms with Crippen molar-refractivity contribution in [3.05, 3.63) is 282 Å². The standard InChI is InChI=1S/C21H26N2.C18H8P.C11H16F2O3.C9H14F2O3.C9H12F2O3.C8H12F2O3.C7H10F2O3.C7H6.C5H8O3.C5H10O.C3H3BrF2.C3H5Br.CH3.2ClH.Li.2H2O.Pd.Ru.12H2/c1-14-9-16(3)20(17(4)10-14)22-7-8-23(13-22)21-18(5)11-15(2)12-19(21)6;1-4-7-10-13-16-19(17-14-11-8-5-2)18-15-12-9-6-3;1-5-8-16-10(4,9(14)15-7-3)11(12,13)6-2;2*1-3-13-7(12)8(2)9(10,11)5-4-6-14-8;1-4-8(9,10)7(3,12)6(11)13-5-2;1-6(5(10)11)7(8,9)3-2-4-12-6;1-7-5-3-2-4-6-7;1-3-8-5(7)4(2)6;1-5-3-2-4-6-5;1-2-3(4,5)6;1-2-3-4;;;;;;;;;;;;;;;;;;;;/h9-12H,7-8H2,1-6H3;16-17H,1-3H2;5-6H,1-2,7-8H2,3-4H3;3-6H2,1-2H3;4-5H,3,6H2,1-2H3;4,12H,1,5H2,2-3H3;2-4H2,1H3,(H,10,11);1-6H;3H2,1-2H3;5H,2-4H2,1H3;2H,1H2;2H,1,3H2;1H3;2*1H;;2*1H2;;;12*1H/q;-1;;;;;;;;;;;-1;;;+1;;;;+2;;;;;;;;;;;;/p-3. The minimum absolute atomic E-state index is 0. The summed E-state index contributed by atoms with van der Waals surface area (Å²) in [6.07, 6.45) is 8.82. The molecule has 150 heavy (non-hydrogen) atoms. The van der Waals surface area contributed by atoms with Gasteiger partial charge in [-0.1, -0.05) is 82.6 Å². The fraction of sp³-hybridized carbons (Fsp3) is 0.458. The summed E-state index contributed by atoms with van der Waals surface area (Å²) >= 11 is 1.72. The fourth-order valence-corrected chi connectivity index (χ4v) is 18.8. The Kier molecular flexibility index (Phi) is 80.8. The molecule has 0 aromatic heterocycles. The molecule has 3 aromatic rings. The van der Waals surface area contributed by atoms with Crippen molar-refractivity contribution in [2.75, 3.05) is 94.3 Å². The van der Waals surface area contributed by atoms with Crippen LogP contribution in [0.1, 0.15) is 178 Å². The van der Waals surface area contributed by atoms with E-state index in [1.165, 1.54) is 90.5 Å². The third-order valence-corrected chi connectivity index (χ3v) is 27.1. The van der Waals surface area contributed by atoms with Crippen LogP contribution in [0.15, 0.2) is 230 Å². The number of rotatable bonds is 26. The number of aliphatic hydroxyl groups is 1. The van der Waals surface area contributed by atoms with Gasteiger partial charge in [0.25, 0.3) is 11.8 Å². The van der Waals surface area contributed by atoms with Crippen LogP contribution in [0, 0.1) is 54.8 Å². The SMILES string of the molecule is C=C=C=C=C=[C-]P(C=C=C=C=C=C)C=C=C=C=C=C.C=CC(F)(F)Br.C=CC(F)(F)C(C)(O)C(=O)OCC.C=CCBr.C=CCOC(C)(C(=O)OCC)C(F)(F)C=C.CC1(C(=O)O)OCCCC1(F)F.CC1CCCO1.CCOC(=O)C(C)=O.CCOC(=O)C1(C)OCC=CC1(F)F.CCOC(=O)C1(C)OCCCC1(F)F.Cc1cc(C)c(N2CCN(c3c(C)cc(C)cc3C)[C]2=[Ru]([Cl])([Cl])=[CH]c2ccccc2)c(C)c1.O.[CH3-].[HH].[HH].[HH].[HH].[HH].[HH].[HH].[HH].[HH].[HH].[HH].[HH].[Li+].[OH-].[Pd]. The number of halogens is 16. The molecule has 6 unspecified atom stereocenters. The first-order valence-electron chi connectivity index (χ1n) is 44.4. The number of carbonyl (C=O) groups is 7. The minimum Gasteiger partial charge on any atom is -0.870 e. The van der Waals surface area contributed by atoms with Crippen molar-refractivity contribution in [3.8, 4) is 0 Å². The van der Waals surface area contributed by atoms with Crippen molar-refractivity contribution in [1.29, 1.82) is 0 Å². The monoisotopic (exact) mass is 2510 g/mol. The van der Waals surface area contributed by atoms with E-state index in [4.69, 9.17) is 48.5 Å². The molecule has 23 nitrogen and oxygen atoms in total. The van der Waals surface area contributed by atoms with Crippen molar-refractivity contribution >= 4 is 121 Å². The molecule has 3 aromatic carbocycles. The normalized spacial score (nSPS) is 18.0. The molecule has 0 saturated carbocycles. The molecule has 43 heteroatoms. The Balaban J connectivity index is -0.0000000783. The number of aryl methyl sites for hydroxylation is 6. The topological polar surface area (TPSA) is 320 Å². The van der Waals surface area contributed by atoms with Crippen molar-refractivity contribution in [2.45, 2.75) is 232 Å².